The summed E-state index contributed by atoms with van der Waals surface area (Å²) in [7, 11) is 1.81. The lowest BCUT2D eigenvalue weighted by atomic mass is 10.0. The first-order chi connectivity index (χ1) is 11.6. The molecule has 1 aliphatic rings. The molecule has 0 aliphatic carbocycles. The Labute approximate surface area is 149 Å². The Bertz CT molecular complexity index is 726. The first-order valence-electron chi connectivity index (χ1n) is 8.72. The third kappa shape index (κ3) is 3.63. The van der Waals surface area contributed by atoms with E-state index in [2.05, 4.69) is 64.5 Å². The lowest BCUT2D eigenvalue weighted by molar-refractivity contribution is 0.0316. The average Bonchev–Trinajstić information content (AvgIpc) is 2.96. The fourth-order valence-electron chi connectivity index (χ4n) is 3.40. The summed E-state index contributed by atoms with van der Waals surface area (Å²) in [5.74, 6) is 0.472. The first kappa shape index (κ1) is 17.4. The fourth-order valence-corrected chi connectivity index (χ4v) is 3.68. The third-order valence-electron chi connectivity index (χ3n) is 4.89. The van der Waals surface area contributed by atoms with Crippen LogP contribution < -0.4 is 0 Å². The Balaban J connectivity index is 1.79. The van der Waals surface area contributed by atoms with Gasteiger partial charge >= 0.3 is 0 Å². The van der Waals surface area contributed by atoms with Crippen LogP contribution in [0.2, 0.25) is 0 Å². The normalized spacial score (nSPS) is 16.8. The van der Waals surface area contributed by atoms with Gasteiger partial charge < -0.3 is 9.30 Å². The molecule has 1 fully saturated rings. The predicted molar refractivity (Wildman–Crippen MR) is 100 cm³/mol. The minimum absolute atomic E-state index is 0.414. The molecule has 2 aromatic rings. The summed E-state index contributed by atoms with van der Waals surface area (Å²) in [4.78, 5) is 2.45. The second-order valence-corrected chi connectivity index (χ2v) is 7.19. The van der Waals surface area contributed by atoms with Crippen molar-refractivity contribution >= 4 is 12.2 Å². The minimum atomic E-state index is 0.414. The zero-order valence-corrected chi connectivity index (χ0v) is 15.6. The number of hydrogen-bond donors (Lipinski definition) is 0. The number of para-hydroxylation sites is 1. The molecule has 1 saturated heterocycles. The molecule has 0 unspecified atom stereocenters. The monoisotopic (exact) mass is 345 g/mol. The molecular weight excluding hydrogens is 318 g/mol. The number of imidazole rings is 1. The van der Waals surface area contributed by atoms with Gasteiger partial charge in [0, 0.05) is 32.6 Å². The van der Waals surface area contributed by atoms with E-state index in [1.165, 1.54) is 11.3 Å². The molecule has 2 heterocycles. The first-order valence-corrected chi connectivity index (χ1v) is 9.13. The number of likely N-dealkylation sites (tertiary alicyclic amines) is 1. The topological polar surface area (TPSA) is 22.3 Å². The molecule has 1 aromatic carbocycles. The SMILES string of the molecule is COC1CCN(Cn2ccn(-c3ccccc3C(C)C)c2=S)CC1. The van der Waals surface area contributed by atoms with Crippen LogP contribution in [0, 0.1) is 4.77 Å². The van der Waals surface area contributed by atoms with E-state index in [1.54, 1.807) is 0 Å². The van der Waals surface area contributed by atoms with Crippen molar-refractivity contribution < 1.29 is 4.74 Å². The van der Waals surface area contributed by atoms with E-state index >= 15 is 0 Å². The maximum absolute atomic E-state index is 5.74. The molecule has 4 nitrogen and oxygen atoms in total. The summed E-state index contributed by atoms with van der Waals surface area (Å²) in [6.45, 7) is 7.42. The van der Waals surface area contributed by atoms with Gasteiger partial charge in [-0.2, -0.15) is 0 Å². The highest BCUT2D eigenvalue weighted by atomic mass is 32.1. The van der Waals surface area contributed by atoms with Crippen LogP contribution in [0.15, 0.2) is 36.7 Å². The predicted octanol–water partition coefficient (Wildman–Crippen LogP) is 4.20. The largest absolute Gasteiger partial charge is 0.381 e. The summed E-state index contributed by atoms with van der Waals surface area (Å²) in [5.41, 5.74) is 2.52. The van der Waals surface area contributed by atoms with Crippen molar-refractivity contribution in [1.29, 1.82) is 0 Å². The van der Waals surface area contributed by atoms with Gasteiger partial charge in [-0.15, -0.1) is 0 Å². The average molecular weight is 346 g/mol. The molecule has 1 aliphatic heterocycles. The van der Waals surface area contributed by atoms with Crippen LogP contribution >= 0.6 is 12.2 Å². The Morgan fingerprint density at radius 2 is 1.88 bits per heavy atom. The smallest absolute Gasteiger partial charge is 0.185 e. The van der Waals surface area contributed by atoms with Gasteiger partial charge in [0.25, 0.3) is 0 Å². The number of methoxy groups -OCH3 is 1. The van der Waals surface area contributed by atoms with Crippen molar-refractivity contribution in [3.8, 4) is 5.69 Å². The second-order valence-electron chi connectivity index (χ2n) is 6.83. The molecule has 0 radical (unpaired) electrons. The van der Waals surface area contributed by atoms with Crippen LogP contribution in [0.4, 0.5) is 0 Å². The van der Waals surface area contributed by atoms with E-state index in [0.717, 1.165) is 37.4 Å². The maximum Gasteiger partial charge on any atom is 0.185 e. The van der Waals surface area contributed by atoms with Crippen LogP contribution in [0.5, 0.6) is 0 Å². The van der Waals surface area contributed by atoms with Gasteiger partial charge in [0.1, 0.15) is 0 Å². The number of piperidine rings is 1. The summed E-state index contributed by atoms with van der Waals surface area (Å²) in [5, 5.41) is 0. The van der Waals surface area contributed by atoms with Gasteiger partial charge in [-0.05, 0) is 42.6 Å². The molecule has 0 N–H and O–H groups in total. The van der Waals surface area contributed by atoms with Gasteiger partial charge in [0.2, 0.25) is 0 Å². The van der Waals surface area contributed by atoms with Crippen molar-refractivity contribution in [2.24, 2.45) is 0 Å². The van der Waals surface area contributed by atoms with E-state index in [0.29, 0.717) is 12.0 Å². The molecule has 3 rings (SSSR count). The summed E-state index contributed by atoms with van der Waals surface area (Å²) in [6, 6.07) is 8.52. The lowest BCUT2D eigenvalue weighted by Crippen LogP contribution is -2.37. The second kappa shape index (κ2) is 7.64. The molecule has 0 atom stereocenters. The van der Waals surface area contributed by atoms with Gasteiger partial charge in [-0.25, -0.2) is 0 Å². The van der Waals surface area contributed by atoms with E-state index in [9.17, 15) is 0 Å². The number of aromatic nitrogens is 2. The summed E-state index contributed by atoms with van der Waals surface area (Å²) >= 11 is 5.74. The van der Waals surface area contributed by atoms with Crippen LogP contribution in [0.3, 0.4) is 0 Å². The number of rotatable bonds is 5. The fraction of sp³-hybridized carbons (Fsp3) is 0.526. The molecular formula is C19H27N3OS. The quantitative estimate of drug-likeness (QED) is 0.758. The maximum atomic E-state index is 5.74. The van der Waals surface area contributed by atoms with Crippen molar-refractivity contribution in [3.63, 3.8) is 0 Å². The molecule has 5 heteroatoms. The minimum Gasteiger partial charge on any atom is -0.381 e. The van der Waals surface area contributed by atoms with Gasteiger partial charge in [-0.1, -0.05) is 32.0 Å². The summed E-state index contributed by atoms with van der Waals surface area (Å²) in [6.07, 6.45) is 6.80. The van der Waals surface area contributed by atoms with Crippen molar-refractivity contribution in [2.45, 2.75) is 45.4 Å². The zero-order valence-electron chi connectivity index (χ0n) is 14.8. The number of ether oxygens (including phenoxy) is 1. The number of benzene rings is 1. The third-order valence-corrected chi connectivity index (χ3v) is 5.32. The highest BCUT2D eigenvalue weighted by Gasteiger charge is 2.19. The van der Waals surface area contributed by atoms with Gasteiger partial charge in [-0.3, -0.25) is 9.47 Å². The van der Waals surface area contributed by atoms with Gasteiger partial charge in [0.05, 0.1) is 18.5 Å². The molecule has 0 spiro atoms. The number of nitrogens with zero attached hydrogens (tertiary/aromatic N) is 3. The molecule has 130 valence electrons. The van der Waals surface area contributed by atoms with E-state index in [4.69, 9.17) is 17.0 Å². The van der Waals surface area contributed by atoms with Crippen LogP contribution in [0.1, 0.15) is 38.2 Å². The Morgan fingerprint density at radius 3 is 2.54 bits per heavy atom. The summed E-state index contributed by atoms with van der Waals surface area (Å²) < 4.78 is 10.6. The zero-order chi connectivity index (χ0) is 17.1. The van der Waals surface area contributed by atoms with E-state index < -0.39 is 0 Å². The lowest BCUT2D eigenvalue weighted by Gasteiger charge is -2.31. The Hall–Kier alpha value is -1.43. The molecule has 0 saturated carbocycles. The molecule has 24 heavy (non-hydrogen) atoms. The highest BCUT2D eigenvalue weighted by molar-refractivity contribution is 7.71. The Kier molecular flexibility index (Phi) is 5.54. The number of hydrogen-bond acceptors (Lipinski definition) is 3. The van der Waals surface area contributed by atoms with Crippen LogP contribution in [0.25, 0.3) is 5.69 Å². The molecule has 0 amide bonds. The molecule has 1 aromatic heterocycles. The van der Waals surface area contributed by atoms with Gasteiger partial charge in [0.15, 0.2) is 4.77 Å². The van der Waals surface area contributed by atoms with Crippen molar-refractivity contribution in [3.05, 3.63) is 47.0 Å². The van der Waals surface area contributed by atoms with E-state index in [-0.39, 0.29) is 0 Å². The Morgan fingerprint density at radius 1 is 1.17 bits per heavy atom. The van der Waals surface area contributed by atoms with Crippen molar-refractivity contribution in [2.75, 3.05) is 20.2 Å². The van der Waals surface area contributed by atoms with E-state index in [1.807, 2.05) is 7.11 Å². The standard InChI is InChI=1S/C19H27N3OS/c1-15(2)17-6-4-5-7-18(17)22-13-12-21(19(22)24)14-20-10-8-16(23-3)9-11-20/h4-7,12-13,15-16H,8-11,14H2,1-3H3. The molecule has 0 bridgehead atoms. The van der Waals surface area contributed by atoms with Crippen LogP contribution in [-0.4, -0.2) is 40.3 Å². The van der Waals surface area contributed by atoms with Crippen LogP contribution in [-0.2, 0) is 11.4 Å². The highest BCUT2D eigenvalue weighted by Crippen LogP contribution is 2.23. The van der Waals surface area contributed by atoms with Crippen molar-refractivity contribution in [1.82, 2.24) is 14.0 Å².